The van der Waals surface area contributed by atoms with E-state index >= 15 is 0 Å². The molecule has 1 saturated heterocycles. The number of piperidine rings is 1. The Bertz CT molecular complexity index is 669. The zero-order valence-corrected chi connectivity index (χ0v) is 14.3. The highest BCUT2D eigenvalue weighted by molar-refractivity contribution is 7.99. The van der Waals surface area contributed by atoms with Crippen molar-refractivity contribution in [3.63, 3.8) is 0 Å². The number of nitrogens with zero attached hydrogens (tertiary/aromatic N) is 5. The first kappa shape index (κ1) is 16.0. The van der Waals surface area contributed by atoms with Crippen LogP contribution in [0.4, 0.5) is 0 Å². The molecule has 2 aromatic rings. The van der Waals surface area contributed by atoms with Crippen LogP contribution in [0.1, 0.15) is 31.7 Å². The molecule has 1 aromatic carbocycles. The molecule has 7 heteroatoms. The van der Waals surface area contributed by atoms with Gasteiger partial charge in [-0.25, -0.2) is 0 Å². The molecule has 0 spiro atoms. The van der Waals surface area contributed by atoms with Crippen LogP contribution in [0.15, 0.2) is 29.4 Å². The molecule has 1 aliphatic heterocycles. The van der Waals surface area contributed by atoms with E-state index in [1.165, 1.54) is 23.7 Å². The molecule has 23 heavy (non-hydrogen) atoms. The first-order chi connectivity index (χ1) is 11.1. The summed E-state index contributed by atoms with van der Waals surface area (Å²) in [6, 6.07) is 8.33. The van der Waals surface area contributed by atoms with E-state index in [1.54, 1.807) is 4.68 Å². The minimum atomic E-state index is 0.167. The Morgan fingerprint density at radius 2 is 2.09 bits per heavy atom. The Morgan fingerprint density at radius 1 is 1.30 bits per heavy atom. The zero-order valence-electron chi connectivity index (χ0n) is 13.5. The van der Waals surface area contributed by atoms with Crippen molar-refractivity contribution in [3.8, 4) is 5.69 Å². The number of hydrogen-bond donors (Lipinski definition) is 0. The number of rotatable bonds is 4. The molecule has 6 nitrogen and oxygen atoms in total. The van der Waals surface area contributed by atoms with Gasteiger partial charge >= 0.3 is 0 Å². The topological polar surface area (TPSA) is 63.9 Å². The molecule has 0 N–H and O–H groups in total. The number of carbonyl (C=O) groups is 1. The summed E-state index contributed by atoms with van der Waals surface area (Å²) in [5.74, 6) is 0.539. The lowest BCUT2D eigenvalue weighted by atomic mass is 10.0. The number of tetrazole rings is 1. The van der Waals surface area contributed by atoms with Gasteiger partial charge in [0.25, 0.3) is 0 Å². The van der Waals surface area contributed by atoms with E-state index in [0.29, 0.717) is 17.0 Å². The molecule has 0 unspecified atom stereocenters. The van der Waals surface area contributed by atoms with Crippen LogP contribution in [0.2, 0.25) is 0 Å². The van der Waals surface area contributed by atoms with Crippen molar-refractivity contribution in [2.75, 3.05) is 12.3 Å². The van der Waals surface area contributed by atoms with Gasteiger partial charge in [-0.2, -0.15) is 4.68 Å². The molecule has 2 heterocycles. The summed E-state index contributed by atoms with van der Waals surface area (Å²) >= 11 is 1.39. The highest BCUT2D eigenvalue weighted by atomic mass is 32.2. The molecule has 1 atom stereocenters. The lowest BCUT2D eigenvalue weighted by molar-refractivity contribution is -0.131. The number of carbonyl (C=O) groups excluding carboxylic acids is 1. The Labute approximate surface area is 140 Å². The molecule has 1 fully saturated rings. The third-order valence-corrected chi connectivity index (χ3v) is 5.07. The fourth-order valence-electron chi connectivity index (χ4n) is 2.79. The maximum absolute atomic E-state index is 12.4. The summed E-state index contributed by atoms with van der Waals surface area (Å²) in [4.78, 5) is 14.4. The van der Waals surface area contributed by atoms with Gasteiger partial charge in [-0.3, -0.25) is 4.79 Å². The van der Waals surface area contributed by atoms with Gasteiger partial charge in [0.15, 0.2) is 0 Å². The van der Waals surface area contributed by atoms with E-state index in [1.807, 2.05) is 36.1 Å². The van der Waals surface area contributed by atoms with Crippen LogP contribution in [0, 0.1) is 6.92 Å². The van der Waals surface area contributed by atoms with Gasteiger partial charge in [-0.15, -0.1) is 5.10 Å². The van der Waals surface area contributed by atoms with Gasteiger partial charge in [-0.05, 0) is 55.7 Å². The van der Waals surface area contributed by atoms with E-state index in [0.717, 1.165) is 25.1 Å². The van der Waals surface area contributed by atoms with Crippen LogP contribution in [0.25, 0.3) is 5.69 Å². The number of likely N-dealkylation sites (tertiary alicyclic amines) is 1. The van der Waals surface area contributed by atoms with Crippen molar-refractivity contribution in [1.82, 2.24) is 25.1 Å². The minimum Gasteiger partial charge on any atom is -0.339 e. The number of thioether (sulfide) groups is 1. The summed E-state index contributed by atoms with van der Waals surface area (Å²) in [5, 5.41) is 12.5. The molecule has 0 bridgehead atoms. The van der Waals surface area contributed by atoms with Gasteiger partial charge in [-0.1, -0.05) is 29.5 Å². The fraction of sp³-hybridized carbons (Fsp3) is 0.500. The molecule has 1 aromatic heterocycles. The maximum Gasteiger partial charge on any atom is 0.233 e. The summed E-state index contributed by atoms with van der Waals surface area (Å²) in [5.41, 5.74) is 2.09. The van der Waals surface area contributed by atoms with E-state index in [9.17, 15) is 4.79 Å². The predicted molar refractivity (Wildman–Crippen MR) is 89.6 cm³/mol. The summed E-state index contributed by atoms with van der Waals surface area (Å²) in [6.45, 7) is 5.03. The summed E-state index contributed by atoms with van der Waals surface area (Å²) in [6.07, 6.45) is 3.41. The standard InChI is InChI=1S/C16H21N5OS/c1-12-6-8-14(9-7-12)21-16(17-18-19-21)23-11-15(22)20-10-4-3-5-13(20)2/h6-9,13H,3-5,10-11H2,1-2H3/t13-/m1/s1. The average molecular weight is 331 g/mol. The van der Waals surface area contributed by atoms with E-state index in [2.05, 4.69) is 22.4 Å². The Balaban J connectivity index is 1.66. The monoisotopic (exact) mass is 331 g/mol. The Hall–Kier alpha value is -1.89. The van der Waals surface area contributed by atoms with Crippen LogP contribution in [0.5, 0.6) is 0 Å². The number of hydrogen-bond acceptors (Lipinski definition) is 5. The van der Waals surface area contributed by atoms with Crippen LogP contribution >= 0.6 is 11.8 Å². The molecule has 1 amide bonds. The van der Waals surface area contributed by atoms with Gasteiger partial charge in [0.05, 0.1) is 11.4 Å². The second-order valence-corrected chi connectivity index (χ2v) is 6.87. The Morgan fingerprint density at radius 3 is 2.83 bits per heavy atom. The molecular formula is C16H21N5OS. The van der Waals surface area contributed by atoms with Crippen molar-refractivity contribution >= 4 is 17.7 Å². The molecule has 3 rings (SSSR count). The van der Waals surface area contributed by atoms with Gasteiger partial charge in [0.2, 0.25) is 11.1 Å². The van der Waals surface area contributed by atoms with Crippen LogP contribution in [-0.2, 0) is 4.79 Å². The number of aromatic nitrogens is 4. The Kier molecular flexibility index (Phi) is 4.95. The third-order valence-electron chi connectivity index (χ3n) is 4.17. The number of benzene rings is 1. The second kappa shape index (κ2) is 7.12. The van der Waals surface area contributed by atoms with Gasteiger partial charge in [0, 0.05) is 12.6 Å². The molecule has 0 aliphatic carbocycles. The van der Waals surface area contributed by atoms with Gasteiger partial charge in [0.1, 0.15) is 0 Å². The molecule has 0 radical (unpaired) electrons. The second-order valence-electron chi connectivity index (χ2n) is 5.93. The first-order valence-electron chi connectivity index (χ1n) is 7.93. The van der Waals surface area contributed by atoms with Crippen molar-refractivity contribution in [1.29, 1.82) is 0 Å². The zero-order chi connectivity index (χ0) is 16.2. The summed E-state index contributed by atoms with van der Waals surface area (Å²) < 4.78 is 1.68. The van der Waals surface area contributed by atoms with Crippen molar-refractivity contribution in [2.45, 2.75) is 44.3 Å². The number of aryl methyl sites for hydroxylation is 1. The third kappa shape index (κ3) is 3.72. The highest BCUT2D eigenvalue weighted by Crippen LogP contribution is 2.22. The van der Waals surface area contributed by atoms with E-state index in [-0.39, 0.29) is 5.91 Å². The predicted octanol–water partition coefficient (Wildman–Crippen LogP) is 2.46. The molecular weight excluding hydrogens is 310 g/mol. The lowest BCUT2D eigenvalue weighted by Crippen LogP contribution is -2.42. The molecule has 1 aliphatic rings. The summed E-state index contributed by atoms with van der Waals surface area (Å²) in [7, 11) is 0. The minimum absolute atomic E-state index is 0.167. The molecule has 122 valence electrons. The smallest absolute Gasteiger partial charge is 0.233 e. The van der Waals surface area contributed by atoms with Crippen LogP contribution < -0.4 is 0 Å². The lowest BCUT2D eigenvalue weighted by Gasteiger charge is -2.33. The van der Waals surface area contributed by atoms with Crippen LogP contribution in [-0.4, -0.2) is 49.4 Å². The molecule has 0 saturated carbocycles. The number of amides is 1. The van der Waals surface area contributed by atoms with E-state index in [4.69, 9.17) is 0 Å². The largest absolute Gasteiger partial charge is 0.339 e. The fourth-order valence-corrected chi connectivity index (χ4v) is 3.57. The van der Waals surface area contributed by atoms with Gasteiger partial charge < -0.3 is 4.90 Å². The average Bonchev–Trinajstić information content (AvgIpc) is 3.02. The van der Waals surface area contributed by atoms with Crippen LogP contribution in [0.3, 0.4) is 0 Å². The van der Waals surface area contributed by atoms with Crippen molar-refractivity contribution in [3.05, 3.63) is 29.8 Å². The maximum atomic E-state index is 12.4. The van der Waals surface area contributed by atoms with Crippen molar-refractivity contribution < 1.29 is 4.79 Å². The normalized spacial score (nSPS) is 18.2. The first-order valence-corrected chi connectivity index (χ1v) is 8.91. The highest BCUT2D eigenvalue weighted by Gasteiger charge is 2.23. The SMILES string of the molecule is Cc1ccc(-n2nnnc2SCC(=O)N2CCCC[C@H]2C)cc1. The van der Waals surface area contributed by atoms with Crippen molar-refractivity contribution in [2.24, 2.45) is 0 Å². The quantitative estimate of drug-likeness (QED) is 0.805. The van der Waals surface area contributed by atoms with E-state index < -0.39 is 0 Å².